The number of rotatable bonds is 5. The van der Waals surface area contributed by atoms with Gasteiger partial charge in [-0.25, -0.2) is 9.40 Å². The standard InChI is InChI=1S/C21H23ClFN3O/c1-14(2)25(3)13-21(27)26-20(17-6-4-5-7-18(17)22)12-19(24-26)15-8-10-16(23)11-9-15/h4-11,14,20H,12-13H2,1-3H3/t20-/m0/s1. The van der Waals surface area contributed by atoms with Crippen molar-refractivity contribution in [2.45, 2.75) is 32.4 Å². The molecule has 2 aromatic carbocycles. The van der Waals surface area contributed by atoms with E-state index in [2.05, 4.69) is 5.10 Å². The van der Waals surface area contributed by atoms with Gasteiger partial charge in [-0.15, -0.1) is 0 Å². The fourth-order valence-corrected chi connectivity index (χ4v) is 3.27. The molecule has 0 unspecified atom stereocenters. The van der Waals surface area contributed by atoms with Gasteiger partial charge in [-0.3, -0.25) is 9.69 Å². The molecule has 1 heterocycles. The summed E-state index contributed by atoms with van der Waals surface area (Å²) in [4.78, 5) is 14.9. The van der Waals surface area contributed by atoms with Gasteiger partial charge in [-0.1, -0.05) is 41.9 Å². The Morgan fingerprint density at radius 2 is 1.93 bits per heavy atom. The van der Waals surface area contributed by atoms with Crippen molar-refractivity contribution in [2.24, 2.45) is 5.10 Å². The minimum atomic E-state index is -0.300. The van der Waals surface area contributed by atoms with Gasteiger partial charge in [0.1, 0.15) is 5.82 Å². The molecule has 6 heteroatoms. The van der Waals surface area contributed by atoms with Crippen molar-refractivity contribution in [3.8, 4) is 0 Å². The first-order chi connectivity index (χ1) is 12.9. The summed E-state index contributed by atoms with van der Waals surface area (Å²) in [7, 11) is 1.91. The smallest absolute Gasteiger partial charge is 0.257 e. The molecule has 0 aliphatic carbocycles. The van der Waals surface area contributed by atoms with Crippen LogP contribution in [-0.4, -0.2) is 41.2 Å². The Balaban J connectivity index is 1.93. The third kappa shape index (κ3) is 4.37. The molecule has 0 N–H and O–H groups in total. The van der Waals surface area contributed by atoms with E-state index in [1.54, 1.807) is 12.1 Å². The monoisotopic (exact) mass is 387 g/mol. The van der Waals surface area contributed by atoms with Crippen LogP contribution in [-0.2, 0) is 4.79 Å². The van der Waals surface area contributed by atoms with Gasteiger partial charge >= 0.3 is 0 Å². The molecule has 1 aliphatic heterocycles. The van der Waals surface area contributed by atoms with Gasteiger partial charge in [0.25, 0.3) is 5.91 Å². The number of hydrogen-bond donors (Lipinski definition) is 0. The lowest BCUT2D eigenvalue weighted by atomic mass is 9.98. The lowest BCUT2D eigenvalue weighted by molar-refractivity contribution is -0.134. The van der Waals surface area contributed by atoms with Crippen molar-refractivity contribution in [1.82, 2.24) is 9.91 Å². The molecule has 2 aromatic rings. The van der Waals surface area contributed by atoms with Crippen molar-refractivity contribution in [1.29, 1.82) is 0 Å². The molecule has 0 saturated heterocycles. The summed E-state index contributed by atoms with van der Waals surface area (Å²) in [5.74, 6) is -0.389. The molecule has 0 fully saturated rings. The summed E-state index contributed by atoms with van der Waals surface area (Å²) >= 11 is 6.40. The molecule has 3 rings (SSSR count). The van der Waals surface area contributed by atoms with Crippen LogP contribution >= 0.6 is 11.6 Å². The van der Waals surface area contributed by atoms with Crippen LogP contribution in [0.5, 0.6) is 0 Å². The molecule has 0 spiro atoms. The second kappa shape index (κ2) is 8.19. The summed E-state index contributed by atoms with van der Waals surface area (Å²) in [6.07, 6.45) is 0.534. The molecule has 4 nitrogen and oxygen atoms in total. The Hall–Kier alpha value is -2.24. The Bertz CT molecular complexity index is 851. The summed E-state index contributed by atoms with van der Waals surface area (Å²) in [5, 5.41) is 6.72. The van der Waals surface area contributed by atoms with E-state index in [1.165, 1.54) is 17.1 Å². The van der Waals surface area contributed by atoms with Crippen LogP contribution in [0.2, 0.25) is 5.02 Å². The summed E-state index contributed by atoms with van der Waals surface area (Å²) < 4.78 is 13.3. The zero-order chi connectivity index (χ0) is 19.6. The van der Waals surface area contributed by atoms with E-state index in [0.29, 0.717) is 11.4 Å². The zero-order valence-corrected chi connectivity index (χ0v) is 16.4. The average molecular weight is 388 g/mol. The number of hydrazone groups is 1. The summed E-state index contributed by atoms with van der Waals surface area (Å²) in [5.41, 5.74) is 2.42. The highest BCUT2D eigenvalue weighted by Crippen LogP contribution is 2.36. The molecule has 27 heavy (non-hydrogen) atoms. The van der Waals surface area contributed by atoms with Gasteiger partial charge in [-0.2, -0.15) is 5.10 Å². The van der Waals surface area contributed by atoms with E-state index in [-0.39, 0.29) is 30.4 Å². The van der Waals surface area contributed by atoms with E-state index in [4.69, 9.17) is 11.6 Å². The maximum atomic E-state index is 13.3. The topological polar surface area (TPSA) is 35.9 Å². The van der Waals surface area contributed by atoms with Crippen molar-refractivity contribution in [3.63, 3.8) is 0 Å². The zero-order valence-electron chi connectivity index (χ0n) is 15.7. The summed E-state index contributed by atoms with van der Waals surface area (Å²) in [6, 6.07) is 13.7. The third-order valence-electron chi connectivity index (χ3n) is 4.87. The maximum Gasteiger partial charge on any atom is 0.257 e. The summed E-state index contributed by atoms with van der Waals surface area (Å²) in [6.45, 7) is 4.34. The van der Waals surface area contributed by atoms with Crippen LogP contribution in [0.3, 0.4) is 0 Å². The number of carbonyl (C=O) groups excluding carboxylic acids is 1. The van der Waals surface area contributed by atoms with E-state index < -0.39 is 0 Å². The quantitative estimate of drug-likeness (QED) is 0.757. The number of amides is 1. The largest absolute Gasteiger partial charge is 0.295 e. The van der Waals surface area contributed by atoms with Crippen LogP contribution in [0.15, 0.2) is 53.6 Å². The molecule has 1 aliphatic rings. The predicted molar refractivity (Wildman–Crippen MR) is 106 cm³/mol. The third-order valence-corrected chi connectivity index (χ3v) is 5.22. The lowest BCUT2D eigenvalue weighted by Gasteiger charge is -2.26. The van der Waals surface area contributed by atoms with Crippen molar-refractivity contribution in [2.75, 3.05) is 13.6 Å². The highest BCUT2D eigenvalue weighted by Gasteiger charge is 2.34. The van der Waals surface area contributed by atoms with Crippen molar-refractivity contribution >= 4 is 23.2 Å². The van der Waals surface area contributed by atoms with Gasteiger partial charge in [-0.05, 0) is 50.2 Å². The first-order valence-electron chi connectivity index (χ1n) is 8.97. The fourth-order valence-electron chi connectivity index (χ4n) is 3.01. The van der Waals surface area contributed by atoms with Crippen LogP contribution < -0.4 is 0 Å². The molecule has 1 atom stereocenters. The Kier molecular flexibility index (Phi) is 5.92. The highest BCUT2D eigenvalue weighted by molar-refractivity contribution is 6.31. The van der Waals surface area contributed by atoms with Crippen molar-refractivity contribution in [3.05, 3.63) is 70.5 Å². The van der Waals surface area contributed by atoms with Crippen LogP contribution in [0, 0.1) is 5.82 Å². The predicted octanol–water partition coefficient (Wildman–Crippen LogP) is 4.50. The number of benzene rings is 2. The minimum Gasteiger partial charge on any atom is -0.295 e. The van der Waals surface area contributed by atoms with E-state index in [1.807, 2.05) is 50.1 Å². The number of carbonyl (C=O) groups is 1. The molecule has 0 radical (unpaired) electrons. The molecule has 1 amide bonds. The fraction of sp³-hybridized carbons (Fsp3) is 0.333. The van der Waals surface area contributed by atoms with Gasteiger partial charge < -0.3 is 0 Å². The maximum absolute atomic E-state index is 13.3. The molecular weight excluding hydrogens is 365 g/mol. The Morgan fingerprint density at radius 1 is 1.26 bits per heavy atom. The number of likely N-dealkylation sites (N-methyl/N-ethyl adjacent to an activating group) is 1. The molecule has 0 aromatic heterocycles. The average Bonchev–Trinajstić information content (AvgIpc) is 3.07. The van der Waals surface area contributed by atoms with Crippen LogP contribution in [0.1, 0.15) is 37.4 Å². The number of halogens is 2. The first kappa shape index (κ1) is 19.5. The van der Waals surface area contributed by atoms with Gasteiger partial charge in [0.15, 0.2) is 0 Å². The molecule has 0 bridgehead atoms. The van der Waals surface area contributed by atoms with E-state index in [0.717, 1.165) is 16.8 Å². The van der Waals surface area contributed by atoms with E-state index >= 15 is 0 Å². The number of hydrogen-bond acceptors (Lipinski definition) is 3. The van der Waals surface area contributed by atoms with Crippen LogP contribution in [0.25, 0.3) is 0 Å². The van der Waals surface area contributed by atoms with Gasteiger partial charge in [0, 0.05) is 17.5 Å². The molecule has 0 saturated carbocycles. The Labute approximate surface area is 164 Å². The van der Waals surface area contributed by atoms with E-state index in [9.17, 15) is 9.18 Å². The normalized spacial score (nSPS) is 16.9. The lowest BCUT2D eigenvalue weighted by Crippen LogP contribution is -2.39. The SMILES string of the molecule is CC(C)N(C)CC(=O)N1N=C(c2ccc(F)cc2)C[C@H]1c1ccccc1Cl. The van der Waals surface area contributed by atoms with Crippen LogP contribution in [0.4, 0.5) is 4.39 Å². The van der Waals surface area contributed by atoms with Crippen molar-refractivity contribution < 1.29 is 9.18 Å². The number of nitrogens with zero attached hydrogens (tertiary/aromatic N) is 3. The van der Waals surface area contributed by atoms with Gasteiger partial charge in [0.05, 0.1) is 18.3 Å². The van der Waals surface area contributed by atoms with Gasteiger partial charge in [0.2, 0.25) is 0 Å². The minimum absolute atomic E-state index is 0.0896. The second-order valence-electron chi connectivity index (χ2n) is 7.04. The first-order valence-corrected chi connectivity index (χ1v) is 9.34. The molecule has 142 valence electrons. The molecular formula is C21H23ClFN3O. The Morgan fingerprint density at radius 3 is 2.56 bits per heavy atom. The highest BCUT2D eigenvalue weighted by atomic mass is 35.5. The second-order valence-corrected chi connectivity index (χ2v) is 7.45.